The molecule has 1 fully saturated rings. The molecule has 0 aromatic carbocycles. The number of hydrogen-bond donors (Lipinski definition) is 4. The molecule has 1 unspecified atom stereocenters. The van der Waals surface area contributed by atoms with Gasteiger partial charge in [0, 0.05) is 6.20 Å². The smallest absolute Gasteiger partial charge is 0.417 e. The van der Waals surface area contributed by atoms with Gasteiger partial charge in [-0.1, -0.05) is 90.4 Å². The number of aromatic nitrogens is 2. The number of nitrogens with one attached hydrogen (secondary N) is 1. The van der Waals surface area contributed by atoms with Crippen LogP contribution < -0.4 is 10.6 Å². The second-order valence-corrected chi connectivity index (χ2v) is 9.56. The Hall–Kier alpha value is -2.01. The molecule has 1 amide bonds. The summed E-state index contributed by atoms with van der Waals surface area (Å²) in [5.41, 5.74) is -0.691. The van der Waals surface area contributed by atoms with Gasteiger partial charge in [-0.05, 0) is 12.5 Å². The second-order valence-electron chi connectivity index (χ2n) is 9.56. The monoisotopic (exact) mass is 511 g/mol. The molecule has 0 radical (unpaired) electrons. The zero-order chi connectivity index (χ0) is 26.2. The summed E-state index contributed by atoms with van der Waals surface area (Å²) in [6.45, 7) is 1.87. The van der Waals surface area contributed by atoms with Gasteiger partial charge in [-0.25, -0.2) is 14.5 Å². The first-order chi connectivity index (χ1) is 17.5. The first-order valence-corrected chi connectivity index (χ1v) is 13.6. The summed E-state index contributed by atoms with van der Waals surface area (Å²) >= 11 is 0. The van der Waals surface area contributed by atoms with Crippen molar-refractivity contribution in [3.8, 4) is 0 Å². The summed E-state index contributed by atoms with van der Waals surface area (Å²) in [5.74, 6) is -0.0838. The van der Waals surface area contributed by atoms with E-state index in [4.69, 9.17) is 9.47 Å². The van der Waals surface area contributed by atoms with Gasteiger partial charge >= 0.3 is 11.8 Å². The summed E-state index contributed by atoms with van der Waals surface area (Å²) in [6.07, 6.45) is 12.2. The lowest BCUT2D eigenvalue weighted by Crippen LogP contribution is -2.48. The first kappa shape index (κ1) is 30.2. The van der Waals surface area contributed by atoms with Crippen molar-refractivity contribution < 1.29 is 29.6 Å². The molecule has 206 valence electrons. The molecule has 0 saturated carbocycles. The molecule has 1 aromatic rings. The van der Waals surface area contributed by atoms with Crippen LogP contribution >= 0.6 is 0 Å². The number of unbranched alkanes of at least 4 members (excludes halogenated alkanes) is 13. The molecule has 0 spiro atoms. The summed E-state index contributed by atoms with van der Waals surface area (Å²) in [6, 6.07) is 1.36. The van der Waals surface area contributed by atoms with Crippen LogP contribution in [0.5, 0.6) is 0 Å². The average Bonchev–Trinajstić information content (AvgIpc) is 3.15. The molecule has 36 heavy (non-hydrogen) atoms. The van der Waals surface area contributed by atoms with Crippen LogP contribution in [0.4, 0.5) is 10.6 Å². The van der Waals surface area contributed by atoms with E-state index in [1.165, 1.54) is 76.5 Å². The van der Waals surface area contributed by atoms with E-state index in [9.17, 15) is 24.9 Å². The number of carbonyl (C=O) groups is 1. The van der Waals surface area contributed by atoms with Crippen LogP contribution in [0.25, 0.3) is 0 Å². The van der Waals surface area contributed by atoms with Crippen LogP contribution in [-0.2, 0) is 9.47 Å². The standard InChI is InChI=1S/C26H45N3O7/c1-2-3-4-5-6-7-8-9-10-11-12-13-14-15-18-35-26(34)29(21-16-17-27-25(33)28-21)24-23(32)22(31)20(19-30)36-24/h16-17,20,22-24,30-32H,2-15,18-19H2,1H3,(H,27,28,33)/t20-,22-,23+,24?/m1/s1. The molecule has 4 atom stereocenters. The number of carbonyl (C=O) groups excluding carboxylic acids is 1. The lowest BCUT2D eigenvalue weighted by molar-refractivity contribution is -0.0226. The van der Waals surface area contributed by atoms with E-state index >= 15 is 0 Å². The Labute approximate surface area is 214 Å². The highest BCUT2D eigenvalue weighted by molar-refractivity contribution is 5.86. The van der Waals surface area contributed by atoms with E-state index in [0.29, 0.717) is 6.42 Å². The predicted octanol–water partition coefficient (Wildman–Crippen LogP) is 3.63. The Morgan fingerprint density at radius 3 is 2.03 bits per heavy atom. The summed E-state index contributed by atoms with van der Waals surface area (Å²) in [5, 5.41) is 29.8. The topological polar surface area (TPSA) is 145 Å². The maximum absolute atomic E-state index is 12.8. The number of aliphatic hydroxyl groups excluding tert-OH is 3. The van der Waals surface area contributed by atoms with Crippen LogP contribution in [0.3, 0.4) is 0 Å². The Balaban J connectivity index is 1.66. The molecular weight excluding hydrogens is 466 g/mol. The van der Waals surface area contributed by atoms with Gasteiger partial charge in [-0.2, -0.15) is 4.98 Å². The van der Waals surface area contributed by atoms with Gasteiger partial charge in [0.1, 0.15) is 24.1 Å². The van der Waals surface area contributed by atoms with Crippen molar-refractivity contribution in [3.63, 3.8) is 0 Å². The van der Waals surface area contributed by atoms with E-state index < -0.39 is 42.9 Å². The molecule has 10 nitrogen and oxygen atoms in total. The normalized spacial score (nSPS) is 21.6. The third-order valence-corrected chi connectivity index (χ3v) is 6.59. The van der Waals surface area contributed by atoms with Crippen LogP contribution in [0.2, 0.25) is 0 Å². The Morgan fingerprint density at radius 1 is 0.972 bits per heavy atom. The van der Waals surface area contributed by atoms with Gasteiger partial charge in [0.25, 0.3) is 0 Å². The summed E-state index contributed by atoms with van der Waals surface area (Å²) < 4.78 is 10.8. The highest BCUT2D eigenvalue weighted by Crippen LogP contribution is 2.27. The van der Waals surface area contributed by atoms with Gasteiger partial charge in [-0.15, -0.1) is 0 Å². The fourth-order valence-corrected chi connectivity index (χ4v) is 4.44. The molecule has 0 aliphatic carbocycles. The highest BCUT2D eigenvalue weighted by Gasteiger charge is 2.48. The largest absolute Gasteiger partial charge is 0.449 e. The minimum Gasteiger partial charge on any atom is -0.449 e. The highest BCUT2D eigenvalue weighted by atomic mass is 16.6. The minimum atomic E-state index is -1.50. The molecule has 1 aliphatic rings. The molecule has 10 heteroatoms. The molecule has 1 aromatic heterocycles. The third kappa shape index (κ3) is 10.2. The van der Waals surface area contributed by atoms with Gasteiger partial charge < -0.3 is 29.8 Å². The van der Waals surface area contributed by atoms with Crippen molar-refractivity contribution in [1.82, 2.24) is 9.97 Å². The van der Waals surface area contributed by atoms with Gasteiger partial charge in [-0.3, -0.25) is 0 Å². The zero-order valence-corrected chi connectivity index (χ0v) is 21.6. The third-order valence-electron chi connectivity index (χ3n) is 6.59. The molecule has 1 aliphatic heterocycles. The summed E-state index contributed by atoms with van der Waals surface area (Å²) in [7, 11) is 0. The minimum absolute atomic E-state index is 0.0838. The number of aromatic amines is 1. The number of ether oxygens (including phenoxy) is 2. The number of amides is 1. The fourth-order valence-electron chi connectivity index (χ4n) is 4.44. The van der Waals surface area contributed by atoms with Crippen molar-refractivity contribution in [3.05, 3.63) is 22.7 Å². The van der Waals surface area contributed by atoms with E-state index in [1.54, 1.807) is 0 Å². The van der Waals surface area contributed by atoms with Crippen LogP contribution in [0.1, 0.15) is 96.8 Å². The number of H-pyrrole nitrogens is 1. The van der Waals surface area contributed by atoms with Crippen LogP contribution in [0.15, 0.2) is 17.1 Å². The molecular formula is C26H45N3O7. The number of anilines is 1. The van der Waals surface area contributed by atoms with Crippen LogP contribution in [-0.4, -0.2) is 69.1 Å². The van der Waals surface area contributed by atoms with Crippen molar-refractivity contribution >= 4 is 11.9 Å². The molecule has 4 N–H and O–H groups in total. The molecule has 2 heterocycles. The van der Waals surface area contributed by atoms with E-state index in [2.05, 4.69) is 16.9 Å². The fraction of sp³-hybridized carbons (Fsp3) is 0.808. The quantitative estimate of drug-likeness (QED) is 0.219. The van der Waals surface area contributed by atoms with E-state index in [1.807, 2.05) is 0 Å². The number of nitrogens with zero attached hydrogens (tertiary/aromatic N) is 2. The molecule has 0 bridgehead atoms. The van der Waals surface area contributed by atoms with E-state index in [-0.39, 0.29) is 12.4 Å². The SMILES string of the molecule is CCCCCCCCCCCCCCCCOC(=O)N(c1cc[nH]c(=O)n1)C1O[C@H](CO)[C@@H](O)[C@@H]1O. The van der Waals surface area contributed by atoms with Crippen molar-refractivity contribution in [2.45, 2.75) is 121 Å². The Kier molecular flexibility index (Phi) is 14.6. The lowest BCUT2D eigenvalue weighted by Gasteiger charge is -2.28. The molecule has 2 rings (SSSR count). The maximum atomic E-state index is 12.8. The maximum Gasteiger partial charge on any atom is 0.417 e. The number of hydrogen-bond acceptors (Lipinski definition) is 8. The molecule has 1 saturated heterocycles. The van der Waals surface area contributed by atoms with Crippen molar-refractivity contribution in [2.75, 3.05) is 18.1 Å². The lowest BCUT2D eigenvalue weighted by atomic mass is 10.0. The first-order valence-electron chi connectivity index (χ1n) is 13.6. The van der Waals surface area contributed by atoms with Crippen LogP contribution in [0, 0.1) is 0 Å². The van der Waals surface area contributed by atoms with Crippen molar-refractivity contribution in [2.24, 2.45) is 0 Å². The van der Waals surface area contributed by atoms with Gasteiger partial charge in [0.2, 0.25) is 0 Å². The second kappa shape index (κ2) is 17.4. The zero-order valence-electron chi connectivity index (χ0n) is 21.6. The summed E-state index contributed by atoms with van der Waals surface area (Å²) in [4.78, 5) is 31.5. The predicted molar refractivity (Wildman–Crippen MR) is 137 cm³/mol. The average molecular weight is 512 g/mol. The Morgan fingerprint density at radius 2 is 1.53 bits per heavy atom. The Bertz CT molecular complexity index is 791. The number of aliphatic hydroxyl groups is 3. The number of rotatable bonds is 18. The van der Waals surface area contributed by atoms with Gasteiger partial charge in [0.15, 0.2) is 6.23 Å². The van der Waals surface area contributed by atoms with Gasteiger partial charge in [0.05, 0.1) is 13.2 Å². The van der Waals surface area contributed by atoms with Crippen molar-refractivity contribution in [1.29, 1.82) is 0 Å². The van der Waals surface area contributed by atoms with E-state index in [0.717, 1.165) is 24.2 Å².